The summed E-state index contributed by atoms with van der Waals surface area (Å²) in [6, 6.07) is 8.55. The molecule has 0 atom stereocenters. The zero-order valence-corrected chi connectivity index (χ0v) is 15.7. The number of esters is 1. The fourth-order valence-corrected chi connectivity index (χ4v) is 3.66. The van der Waals surface area contributed by atoms with Crippen LogP contribution in [0.15, 0.2) is 40.0 Å². The molecule has 0 aliphatic carbocycles. The molecule has 25 heavy (non-hydrogen) atoms. The number of aromatic nitrogens is 3. The van der Waals surface area contributed by atoms with E-state index in [4.69, 9.17) is 16.3 Å². The van der Waals surface area contributed by atoms with Gasteiger partial charge in [-0.1, -0.05) is 29.9 Å². The Morgan fingerprint density at radius 1 is 1.36 bits per heavy atom. The zero-order chi connectivity index (χ0) is 17.8. The van der Waals surface area contributed by atoms with Crippen LogP contribution >= 0.6 is 34.7 Å². The van der Waals surface area contributed by atoms with E-state index in [2.05, 4.69) is 10.1 Å². The van der Waals surface area contributed by atoms with Gasteiger partial charge in [0.2, 0.25) is 4.96 Å². The molecule has 0 radical (unpaired) electrons. The number of thioether (sulfide) groups is 1. The van der Waals surface area contributed by atoms with E-state index in [0.717, 1.165) is 16.3 Å². The second-order valence-corrected chi connectivity index (χ2v) is 7.56. The topological polar surface area (TPSA) is 73.6 Å². The molecule has 2 heterocycles. The number of carbonyl (C=O) groups is 1. The summed E-state index contributed by atoms with van der Waals surface area (Å²) in [4.78, 5) is 29.6. The highest BCUT2D eigenvalue weighted by Crippen LogP contribution is 2.20. The van der Waals surface area contributed by atoms with Gasteiger partial charge in [0.1, 0.15) is 11.6 Å². The van der Waals surface area contributed by atoms with Gasteiger partial charge in [0.25, 0.3) is 5.56 Å². The van der Waals surface area contributed by atoms with Gasteiger partial charge in [0, 0.05) is 16.0 Å². The lowest BCUT2D eigenvalue weighted by atomic mass is 10.4. The van der Waals surface area contributed by atoms with Crippen molar-refractivity contribution in [3.05, 3.63) is 56.4 Å². The Balaban J connectivity index is 1.59. The van der Waals surface area contributed by atoms with Crippen molar-refractivity contribution in [1.29, 1.82) is 0 Å². The molecule has 0 saturated heterocycles. The van der Waals surface area contributed by atoms with Crippen molar-refractivity contribution >= 4 is 45.6 Å². The van der Waals surface area contributed by atoms with Crippen molar-refractivity contribution in [2.45, 2.75) is 24.8 Å². The van der Waals surface area contributed by atoms with E-state index in [1.165, 1.54) is 33.7 Å². The molecule has 0 spiro atoms. The molecular weight excluding hydrogens is 382 g/mol. The maximum absolute atomic E-state index is 12.0. The molecule has 0 N–H and O–H groups in total. The third-order valence-corrected chi connectivity index (χ3v) is 5.48. The Bertz CT molecular complexity index is 953. The van der Waals surface area contributed by atoms with Crippen LogP contribution in [0.2, 0.25) is 5.02 Å². The average Bonchev–Trinajstić information content (AvgIpc) is 3.03. The molecule has 0 aliphatic heterocycles. The van der Waals surface area contributed by atoms with E-state index in [-0.39, 0.29) is 23.9 Å². The summed E-state index contributed by atoms with van der Waals surface area (Å²) in [5.74, 6) is -0.204. The lowest BCUT2D eigenvalue weighted by Crippen LogP contribution is -2.17. The number of hydrogen-bond acceptors (Lipinski definition) is 7. The largest absolute Gasteiger partial charge is 0.459 e. The second-order valence-electron chi connectivity index (χ2n) is 5.03. The molecule has 130 valence electrons. The monoisotopic (exact) mass is 395 g/mol. The summed E-state index contributed by atoms with van der Waals surface area (Å²) in [5.41, 5.74) is 0.142. The number of hydrogen-bond donors (Lipinski definition) is 0. The quantitative estimate of drug-likeness (QED) is 0.471. The fraction of sp³-hybridized carbons (Fsp3) is 0.250. The number of ether oxygens (including phenoxy) is 1. The minimum absolute atomic E-state index is 0.0366. The Kier molecular flexibility index (Phi) is 5.72. The fourth-order valence-electron chi connectivity index (χ4n) is 1.98. The first-order valence-corrected chi connectivity index (χ1v) is 9.66. The number of rotatable bonds is 6. The Morgan fingerprint density at radius 3 is 2.84 bits per heavy atom. The molecule has 0 amide bonds. The van der Waals surface area contributed by atoms with Crippen LogP contribution in [0.3, 0.4) is 0 Å². The first kappa shape index (κ1) is 17.9. The standard InChI is InChI=1S/C16H14ClN3O3S2/c1-2-13-19-20-14(21)7-11(18-16(20)25-13)8-23-15(22)9-24-12-5-3-10(17)4-6-12/h3-7H,2,8-9H2,1H3. The number of carbonyl (C=O) groups excluding carboxylic acids is 1. The van der Waals surface area contributed by atoms with Crippen molar-refractivity contribution in [3.63, 3.8) is 0 Å². The SMILES string of the molecule is CCc1nn2c(=O)cc(COC(=O)CSc3ccc(Cl)cc3)nc2s1. The lowest BCUT2D eigenvalue weighted by Gasteiger charge is -2.04. The Morgan fingerprint density at radius 2 is 2.12 bits per heavy atom. The van der Waals surface area contributed by atoms with Gasteiger partial charge < -0.3 is 4.74 Å². The van der Waals surface area contributed by atoms with Crippen LogP contribution in [0, 0.1) is 0 Å². The Labute approximate surface area is 156 Å². The third kappa shape index (κ3) is 4.59. The molecular formula is C16H14ClN3O3S2. The van der Waals surface area contributed by atoms with E-state index in [9.17, 15) is 9.59 Å². The third-order valence-electron chi connectivity index (χ3n) is 3.19. The predicted molar refractivity (Wildman–Crippen MR) is 98.5 cm³/mol. The molecule has 0 unspecified atom stereocenters. The van der Waals surface area contributed by atoms with Gasteiger partial charge in [-0.25, -0.2) is 4.98 Å². The van der Waals surface area contributed by atoms with Gasteiger partial charge in [-0.3, -0.25) is 9.59 Å². The lowest BCUT2D eigenvalue weighted by molar-refractivity contribution is -0.141. The molecule has 0 bridgehead atoms. The normalized spacial score (nSPS) is 11.0. The Hall–Kier alpha value is -1.90. The number of nitrogens with zero attached hydrogens (tertiary/aromatic N) is 3. The van der Waals surface area contributed by atoms with Crippen LogP contribution in [0.1, 0.15) is 17.6 Å². The molecule has 2 aromatic heterocycles. The van der Waals surface area contributed by atoms with Gasteiger partial charge in [-0.2, -0.15) is 9.61 Å². The molecule has 0 aliphatic rings. The first-order chi connectivity index (χ1) is 12.0. The van der Waals surface area contributed by atoms with E-state index in [1.807, 2.05) is 19.1 Å². The van der Waals surface area contributed by atoms with Crippen molar-refractivity contribution in [3.8, 4) is 0 Å². The van der Waals surface area contributed by atoms with E-state index in [1.54, 1.807) is 12.1 Å². The van der Waals surface area contributed by atoms with E-state index < -0.39 is 0 Å². The van der Waals surface area contributed by atoms with Crippen LogP contribution in [0.5, 0.6) is 0 Å². The van der Waals surface area contributed by atoms with Crippen LogP contribution < -0.4 is 5.56 Å². The average molecular weight is 396 g/mol. The number of aryl methyl sites for hydroxylation is 1. The van der Waals surface area contributed by atoms with Crippen LogP contribution in [-0.4, -0.2) is 26.3 Å². The summed E-state index contributed by atoms with van der Waals surface area (Å²) in [7, 11) is 0. The summed E-state index contributed by atoms with van der Waals surface area (Å²) in [5, 5.41) is 5.65. The summed E-state index contributed by atoms with van der Waals surface area (Å²) in [6.07, 6.45) is 0.736. The molecule has 9 heteroatoms. The van der Waals surface area contributed by atoms with Gasteiger partial charge in [0.05, 0.1) is 11.4 Å². The highest BCUT2D eigenvalue weighted by atomic mass is 35.5. The molecule has 3 rings (SSSR count). The number of halogens is 1. The maximum Gasteiger partial charge on any atom is 0.316 e. The van der Waals surface area contributed by atoms with Crippen molar-refractivity contribution in [2.75, 3.05) is 5.75 Å². The minimum Gasteiger partial charge on any atom is -0.459 e. The molecule has 0 saturated carbocycles. The second kappa shape index (κ2) is 7.99. The van der Waals surface area contributed by atoms with Crippen molar-refractivity contribution < 1.29 is 9.53 Å². The van der Waals surface area contributed by atoms with E-state index in [0.29, 0.717) is 15.7 Å². The number of benzene rings is 1. The highest BCUT2D eigenvalue weighted by molar-refractivity contribution is 8.00. The van der Waals surface area contributed by atoms with Crippen LogP contribution in [0.4, 0.5) is 0 Å². The van der Waals surface area contributed by atoms with Gasteiger partial charge >= 0.3 is 5.97 Å². The van der Waals surface area contributed by atoms with Crippen molar-refractivity contribution in [1.82, 2.24) is 14.6 Å². The summed E-state index contributed by atoms with van der Waals surface area (Å²) < 4.78 is 6.47. The van der Waals surface area contributed by atoms with Gasteiger partial charge in [-0.05, 0) is 30.7 Å². The first-order valence-electron chi connectivity index (χ1n) is 7.48. The molecule has 1 aromatic carbocycles. The van der Waals surface area contributed by atoms with Crippen molar-refractivity contribution in [2.24, 2.45) is 0 Å². The maximum atomic E-state index is 12.0. The van der Waals surface area contributed by atoms with Gasteiger partial charge in [0.15, 0.2) is 0 Å². The van der Waals surface area contributed by atoms with E-state index >= 15 is 0 Å². The van der Waals surface area contributed by atoms with Gasteiger partial charge in [-0.15, -0.1) is 11.8 Å². The summed E-state index contributed by atoms with van der Waals surface area (Å²) in [6.45, 7) is 1.93. The molecule has 0 fully saturated rings. The molecule has 3 aromatic rings. The minimum atomic E-state index is -0.375. The van der Waals surface area contributed by atoms with Crippen LogP contribution in [0.25, 0.3) is 4.96 Å². The molecule has 6 nitrogen and oxygen atoms in total. The smallest absolute Gasteiger partial charge is 0.316 e. The van der Waals surface area contributed by atoms with Crippen LogP contribution in [-0.2, 0) is 22.6 Å². The predicted octanol–water partition coefficient (Wildman–Crippen LogP) is 3.20. The summed E-state index contributed by atoms with van der Waals surface area (Å²) >= 11 is 8.53. The number of fused-ring (bicyclic) bond motifs is 1. The highest BCUT2D eigenvalue weighted by Gasteiger charge is 2.10. The zero-order valence-electron chi connectivity index (χ0n) is 13.3.